The zero-order chi connectivity index (χ0) is 20.9. The fourth-order valence-electron chi connectivity index (χ4n) is 3.96. The molecule has 2 heterocycles. The summed E-state index contributed by atoms with van der Waals surface area (Å²) >= 11 is 3.44. The number of benzene rings is 2. The first-order chi connectivity index (χ1) is 14.6. The Morgan fingerprint density at radius 3 is 2.67 bits per heavy atom. The summed E-state index contributed by atoms with van der Waals surface area (Å²) in [7, 11) is 0. The molecule has 0 unspecified atom stereocenters. The molecule has 7 heteroatoms. The quantitative estimate of drug-likeness (QED) is 0.636. The molecule has 2 fully saturated rings. The van der Waals surface area contributed by atoms with Crippen LogP contribution < -0.4 is 9.47 Å². The van der Waals surface area contributed by atoms with Crippen LogP contribution in [0.3, 0.4) is 0 Å². The summed E-state index contributed by atoms with van der Waals surface area (Å²) in [5.41, 5.74) is 1.16. The molecule has 1 amide bonds. The van der Waals surface area contributed by atoms with Crippen molar-refractivity contribution in [3.05, 3.63) is 58.6 Å². The van der Waals surface area contributed by atoms with E-state index >= 15 is 0 Å². The van der Waals surface area contributed by atoms with E-state index < -0.39 is 6.10 Å². The van der Waals surface area contributed by atoms with E-state index in [-0.39, 0.29) is 12.0 Å². The van der Waals surface area contributed by atoms with Crippen LogP contribution in [0.4, 0.5) is 0 Å². The van der Waals surface area contributed by atoms with Gasteiger partial charge in [-0.25, -0.2) is 0 Å². The lowest BCUT2D eigenvalue weighted by atomic mass is 10.2. The Hall–Kier alpha value is -2.09. The van der Waals surface area contributed by atoms with E-state index in [0.717, 1.165) is 41.0 Å². The van der Waals surface area contributed by atoms with E-state index in [9.17, 15) is 9.90 Å². The zero-order valence-electron chi connectivity index (χ0n) is 16.9. The maximum Gasteiger partial charge on any atom is 0.222 e. The minimum Gasteiger partial charge on any atom is -0.492 e. The van der Waals surface area contributed by atoms with Gasteiger partial charge in [0.2, 0.25) is 5.91 Å². The van der Waals surface area contributed by atoms with Crippen molar-refractivity contribution in [2.75, 3.05) is 32.8 Å². The van der Waals surface area contributed by atoms with E-state index in [4.69, 9.17) is 9.47 Å². The van der Waals surface area contributed by atoms with E-state index in [0.29, 0.717) is 32.7 Å². The number of carbonyl (C=O) groups is 1. The number of nitrogens with zero attached hydrogens (tertiary/aromatic N) is 2. The minimum absolute atomic E-state index is 0.226. The zero-order valence-corrected chi connectivity index (χ0v) is 18.5. The van der Waals surface area contributed by atoms with Crippen LogP contribution in [0.15, 0.2) is 53.0 Å². The number of aliphatic hydroxyl groups excluding tert-OH is 1. The summed E-state index contributed by atoms with van der Waals surface area (Å²) in [6.45, 7) is 4.01. The monoisotopic (exact) mass is 474 g/mol. The van der Waals surface area contributed by atoms with Crippen LogP contribution in [0, 0.1) is 0 Å². The highest BCUT2D eigenvalue weighted by atomic mass is 79.9. The molecule has 0 spiro atoms. The molecule has 0 saturated carbocycles. The number of aliphatic hydroxyl groups is 1. The van der Waals surface area contributed by atoms with Crippen LogP contribution >= 0.6 is 15.9 Å². The number of amides is 1. The Labute approximate surface area is 185 Å². The van der Waals surface area contributed by atoms with Gasteiger partial charge in [0.15, 0.2) is 0 Å². The van der Waals surface area contributed by atoms with Crippen molar-refractivity contribution in [1.29, 1.82) is 0 Å². The number of carbonyl (C=O) groups excluding carboxylic acids is 1. The lowest BCUT2D eigenvalue weighted by Gasteiger charge is -2.18. The van der Waals surface area contributed by atoms with Crippen LogP contribution in [0.2, 0.25) is 0 Å². The summed E-state index contributed by atoms with van der Waals surface area (Å²) in [5, 5.41) is 10.4. The van der Waals surface area contributed by atoms with Gasteiger partial charge in [0, 0.05) is 37.1 Å². The number of β-amino-alcohol motifs (C(OH)–C–C–N with tert-alkyl or cyclic N) is 1. The molecule has 2 aliphatic heterocycles. The highest BCUT2D eigenvalue weighted by Crippen LogP contribution is 2.23. The Morgan fingerprint density at radius 2 is 1.93 bits per heavy atom. The van der Waals surface area contributed by atoms with E-state index in [2.05, 4.69) is 20.8 Å². The highest BCUT2D eigenvalue weighted by molar-refractivity contribution is 9.10. The maximum absolute atomic E-state index is 11.6. The smallest absolute Gasteiger partial charge is 0.222 e. The van der Waals surface area contributed by atoms with Gasteiger partial charge in [0.25, 0.3) is 0 Å². The van der Waals surface area contributed by atoms with Gasteiger partial charge in [0.1, 0.15) is 30.3 Å². The molecular formula is C23H27BrN2O4. The Balaban J connectivity index is 1.23. The van der Waals surface area contributed by atoms with E-state index in [1.54, 1.807) is 0 Å². The second kappa shape index (κ2) is 9.81. The van der Waals surface area contributed by atoms with Crippen LogP contribution in [0.25, 0.3) is 0 Å². The Kier molecular flexibility index (Phi) is 6.92. The van der Waals surface area contributed by atoms with Gasteiger partial charge < -0.3 is 19.5 Å². The lowest BCUT2D eigenvalue weighted by molar-refractivity contribution is -0.128. The number of ether oxygens (including phenoxy) is 2. The number of halogens is 1. The van der Waals surface area contributed by atoms with Crippen molar-refractivity contribution in [2.45, 2.75) is 31.6 Å². The second-order valence-electron chi connectivity index (χ2n) is 7.85. The van der Waals surface area contributed by atoms with Gasteiger partial charge in [-0.05, 0) is 42.3 Å². The third-order valence-electron chi connectivity index (χ3n) is 5.53. The summed E-state index contributed by atoms with van der Waals surface area (Å²) in [6, 6.07) is 15.7. The van der Waals surface area contributed by atoms with Gasteiger partial charge in [-0.15, -0.1) is 0 Å². The summed E-state index contributed by atoms with van der Waals surface area (Å²) in [4.78, 5) is 15.7. The Bertz CT molecular complexity index is 861. The first-order valence-electron chi connectivity index (χ1n) is 10.4. The lowest BCUT2D eigenvalue weighted by Crippen LogP contribution is -2.29. The summed E-state index contributed by atoms with van der Waals surface area (Å²) < 4.78 is 12.7. The van der Waals surface area contributed by atoms with Crippen molar-refractivity contribution < 1.29 is 19.4 Å². The second-order valence-corrected chi connectivity index (χ2v) is 8.77. The maximum atomic E-state index is 11.6. The molecule has 2 saturated heterocycles. The van der Waals surface area contributed by atoms with Gasteiger partial charge in [-0.3, -0.25) is 9.69 Å². The minimum atomic E-state index is -0.514. The molecule has 30 heavy (non-hydrogen) atoms. The predicted molar refractivity (Wildman–Crippen MR) is 118 cm³/mol. The van der Waals surface area contributed by atoms with Gasteiger partial charge in [-0.2, -0.15) is 0 Å². The fourth-order valence-corrected chi connectivity index (χ4v) is 4.33. The molecule has 2 aromatic carbocycles. The standard InChI is InChI=1S/C23H27BrN2O4/c24-18-3-1-4-20(13-18)30-22-16-25(15-21(22)27)14-17-6-8-19(9-7-17)29-12-11-26-10-2-5-23(26)28/h1,3-4,6-9,13,21-22,27H,2,5,10-12,14-16H2/t21-,22-/m0/s1. The molecule has 160 valence electrons. The molecule has 2 atom stereocenters. The average molecular weight is 475 g/mol. The molecular weight excluding hydrogens is 448 g/mol. The predicted octanol–water partition coefficient (Wildman–Crippen LogP) is 3.07. The molecule has 4 rings (SSSR count). The summed E-state index contributed by atoms with van der Waals surface area (Å²) in [5.74, 6) is 1.79. The van der Waals surface area contributed by atoms with Crippen LogP contribution in [-0.2, 0) is 11.3 Å². The number of rotatable bonds is 8. The topological polar surface area (TPSA) is 62.2 Å². The van der Waals surface area contributed by atoms with Gasteiger partial charge >= 0.3 is 0 Å². The van der Waals surface area contributed by atoms with Crippen LogP contribution in [-0.4, -0.2) is 65.8 Å². The average Bonchev–Trinajstić information content (AvgIpc) is 3.28. The first-order valence-corrected chi connectivity index (χ1v) is 11.2. The van der Waals surface area contributed by atoms with Crippen molar-refractivity contribution in [2.24, 2.45) is 0 Å². The molecule has 0 radical (unpaired) electrons. The first kappa shape index (κ1) is 21.2. The van der Waals surface area contributed by atoms with Gasteiger partial charge in [-0.1, -0.05) is 34.1 Å². The molecule has 6 nitrogen and oxygen atoms in total. The Morgan fingerprint density at radius 1 is 1.10 bits per heavy atom. The molecule has 0 aromatic heterocycles. The number of hydrogen-bond donors (Lipinski definition) is 1. The number of hydrogen-bond acceptors (Lipinski definition) is 5. The third-order valence-corrected chi connectivity index (χ3v) is 6.02. The number of likely N-dealkylation sites (tertiary alicyclic amines) is 2. The normalized spacial score (nSPS) is 21.9. The van der Waals surface area contributed by atoms with Crippen molar-refractivity contribution in [1.82, 2.24) is 9.80 Å². The van der Waals surface area contributed by atoms with E-state index in [1.807, 2.05) is 53.4 Å². The molecule has 2 aromatic rings. The van der Waals surface area contributed by atoms with Crippen molar-refractivity contribution >= 4 is 21.8 Å². The van der Waals surface area contributed by atoms with Gasteiger partial charge in [0.05, 0.1) is 6.54 Å². The largest absolute Gasteiger partial charge is 0.492 e. The molecule has 2 aliphatic rings. The van der Waals surface area contributed by atoms with Crippen LogP contribution in [0.5, 0.6) is 11.5 Å². The van der Waals surface area contributed by atoms with Crippen molar-refractivity contribution in [3.8, 4) is 11.5 Å². The third kappa shape index (κ3) is 5.53. The molecule has 1 N–H and O–H groups in total. The van der Waals surface area contributed by atoms with Crippen molar-refractivity contribution in [3.63, 3.8) is 0 Å². The SMILES string of the molecule is O=C1CCCN1CCOc1ccc(CN2C[C@H](Oc3cccc(Br)c3)[C@@H](O)C2)cc1. The highest BCUT2D eigenvalue weighted by Gasteiger charge is 2.33. The molecule has 0 aliphatic carbocycles. The molecule has 0 bridgehead atoms. The fraction of sp³-hybridized carbons (Fsp3) is 0.435. The van der Waals surface area contributed by atoms with Crippen LogP contribution in [0.1, 0.15) is 18.4 Å². The van der Waals surface area contributed by atoms with E-state index in [1.165, 1.54) is 0 Å². The summed E-state index contributed by atoms with van der Waals surface area (Å²) in [6.07, 6.45) is 0.859.